The van der Waals surface area contributed by atoms with Crippen molar-refractivity contribution < 1.29 is 9.59 Å². The average molecular weight is 210 g/mol. The molecule has 84 valence electrons. The van der Waals surface area contributed by atoms with Crippen molar-refractivity contribution in [1.29, 1.82) is 0 Å². The third-order valence-corrected chi connectivity index (χ3v) is 3.30. The van der Waals surface area contributed by atoms with Crippen LogP contribution in [0.4, 0.5) is 0 Å². The van der Waals surface area contributed by atoms with Crippen molar-refractivity contribution in [2.24, 2.45) is 0 Å². The molecule has 1 fully saturated rings. The molecule has 0 radical (unpaired) electrons. The minimum Gasteiger partial charge on any atom is -0.339 e. The van der Waals surface area contributed by atoms with Crippen LogP contribution in [0.2, 0.25) is 0 Å². The van der Waals surface area contributed by atoms with Gasteiger partial charge in [0.25, 0.3) is 0 Å². The van der Waals surface area contributed by atoms with Crippen LogP contribution >= 0.6 is 0 Å². The van der Waals surface area contributed by atoms with Crippen LogP contribution in [0.5, 0.6) is 0 Å². The number of carbonyl (C=O) groups excluding carboxylic acids is 2. The summed E-state index contributed by atoms with van der Waals surface area (Å²) in [6.07, 6.45) is 1.26. The summed E-state index contributed by atoms with van der Waals surface area (Å²) in [5.74, 6) is -0.195. The van der Waals surface area contributed by atoms with Crippen molar-refractivity contribution in [3.05, 3.63) is 12.7 Å². The lowest BCUT2D eigenvalue weighted by Gasteiger charge is -2.46. The average Bonchev–Trinajstić information content (AvgIpc) is 2.23. The molecule has 1 aliphatic heterocycles. The third kappa shape index (κ3) is 1.76. The second-order valence-corrected chi connectivity index (χ2v) is 4.06. The largest absolute Gasteiger partial charge is 0.339 e. The van der Waals surface area contributed by atoms with Crippen molar-refractivity contribution in [3.8, 4) is 0 Å². The van der Waals surface area contributed by atoms with Crippen molar-refractivity contribution in [2.75, 3.05) is 7.05 Å². The summed E-state index contributed by atoms with van der Waals surface area (Å²) in [5, 5.41) is 0. The fourth-order valence-corrected chi connectivity index (χ4v) is 2.02. The van der Waals surface area contributed by atoms with Gasteiger partial charge >= 0.3 is 0 Å². The Morgan fingerprint density at radius 2 is 1.87 bits per heavy atom. The SMILES string of the molecule is C=CC(=O)N1C(C)C(=O)N(C)C(C)C1C. The van der Waals surface area contributed by atoms with Crippen molar-refractivity contribution in [2.45, 2.75) is 38.9 Å². The fourth-order valence-electron chi connectivity index (χ4n) is 2.02. The second-order valence-electron chi connectivity index (χ2n) is 4.06. The molecule has 0 N–H and O–H groups in total. The van der Waals surface area contributed by atoms with E-state index in [0.717, 1.165) is 0 Å². The van der Waals surface area contributed by atoms with Crippen LogP contribution in [-0.4, -0.2) is 46.8 Å². The minimum atomic E-state index is -0.397. The quantitative estimate of drug-likeness (QED) is 0.596. The van der Waals surface area contributed by atoms with E-state index in [4.69, 9.17) is 0 Å². The number of piperazine rings is 1. The van der Waals surface area contributed by atoms with Crippen molar-refractivity contribution in [3.63, 3.8) is 0 Å². The summed E-state index contributed by atoms with van der Waals surface area (Å²) < 4.78 is 0. The zero-order valence-corrected chi connectivity index (χ0v) is 9.73. The van der Waals surface area contributed by atoms with E-state index in [1.54, 1.807) is 23.8 Å². The molecule has 0 aromatic heterocycles. The number of nitrogens with zero attached hydrogens (tertiary/aromatic N) is 2. The van der Waals surface area contributed by atoms with E-state index in [2.05, 4.69) is 6.58 Å². The smallest absolute Gasteiger partial charge is 0.246 e. The number of amides is 2. The number of rotatable bonds is 1. The minimum absolute atomic E-state index is 0.0178. The molecule has 0 spiro atoms. The van der Waals surface area contributed by atoms with E-state index in [1.807, 2.05) is 13.8 Å². The topological polar surface area (TPSA) is 40.6 Å². The first-order valence-corrected chi connectivity index (χ1v) is 5.13. The molecule has 1 rings (SSSR count). The molecule has 4 nitrogen and oxygen atoms in total. The predicted molar refractivity (Wildman–Crippen MR) is 58.2 cm³/mol. The molecule has 0 aromatic carbocycles. The lowest BCUT2D eigenvalue weighted by atomic mass is 10.0. The highest BCUT2D eigenvalue weighted by molar-refractivity contribution is 5.93. The van der Waals surface area contributed by atoms with Gasteiger partial charge in [0.15, 0.2) is 0 Å². The standard InChI is InChI=1S/C11H18N2O2/c1-6-10(14)13-8(3)7(2)12(5)11(15)9(13)4/h6-9H,1H2,2-5H3. The number of likely N-dealkylation sites (N-methyl/N-ethyl adjacent to an activating group) is 1. The van der Waals surface area contributed by atoms with Gasteiger partial charge < -0.3 is 9.80 Å². The highest BCUT2D eigenvalue weighted by atomic mass is 16.2. The van der Waals surface area contributed by atoms with Crippen molar-refractivity contribution in [1.82, 2.24) is 9.80 Å². The molecule has 3 atom stereocenters. The Labute approximate surface area is 90.5 Å². The molecule has 0 aromatic rings. The maximum absolute atomic E-state index is 11.8. The zero-order chi connectivity index (χ0) is 11.7. The normalized spacial score (nSPS) is 31.7. The van der Waals surface area contributed by atoms with Gasteiger partial charge in [0.2, 0.25) is 11.8 Å². The van der Waals surface area contributed by atoms with E-state index < -0.39 is 6.04 Å². The fraction of sp³-hybridized carbons (Fsp3) is 0.636. The summed E-state index contributed by atoms with van der Waals surface area (Å²) in [4.78, 5) is 26.7. The maximum Gasteiger partial charge on any atom is 0.246 e. The summed E-state index contributed by atoms with van der Waals surface area (Å²) in [5.41, 5.74) is 0. The molecule has 0 aliphatic carbocycles. The molecule has 1 heterocycles. The van der Waals surface area contributed by atoms with Crippen molar-refractivity contribution >= 4 is 11.8 Å². The van der Waals surface area contributed by atoms with Gasteiger partial charge in [0.05, 0.1) is 6.04 Å². The van der Waals surface area contributed by atoms with Gasteiger partial charge in [0.1, 0.15) is 6.04 Å². The number of carbonyl (C=O) groups is 2. The highest BCUT2D eigenvalue weighted by Crippen LogP contribution is 2.21. The molecule has 1 saturated heterocycles. The monoisotopic (exact) mass is 210 g/mol. The van der Waals surface area contributed by atoms with Gasteiger partial charge in [-0.3, -0.25) is 9.59 Å². The van der Waals surface area contributed by atoms with E-state index in [-0.39, 0.29) is 23.9 Å². The molecule has 1 aliphatic rings. The Hall–Kier alpha value is -1.32. The Kier molecular flexibility index (Phi) is 3.17. The van der Waals surface area contributed by atoms with Crippen LogP contribution in [-0.2, 0) is 9.59 Å². The van der Waals surface area contributed by atoms with Gasteiger partial charge in [-0.25, -0.2) is 0 Å². The predicted octanol–water partition coefficient (Wildman–Crippen LogP) is 0.639. The Morgan fingerprint density at radius 1 is 1.33 bits per heavy atom. The maximum atomic E-state index is 11.8. The second kappa shape index (κ2) is 4.04. The molecular weight excluding hydrogens is 192 g/mol. The van der Waals surface area contributed by atoms with Crippen LogP contribution < -0.4 is 0 Å². The molecule has 0 bridgehead atoms. The first-order valence-electron chi connectivity index (χ1n) is 5.13. The lowest BCUT2D eigenvalue weighted by molar-refractivity contribution is -0.154. The lowest BCUT2D eigenvalue weighted by Crippen LogP contribution is -2.64. The zero-order valence-electron chi connectivity index (χ0n) is 9.73. The number of hydrogen-bond donors (Lipinski definition) is 0. The van der Waals surface area contributed by atoms with Crippen LogP contribution in [0.1, 0.15) is 20.8 Å². The Balaban J connectivity index is 3.01. The molecule has 3 unspecified atom stereocenters. The Morgan fingerprint density at radius 3 is 2.33 bits per heavy atom. The van der Waals surface area contributed by atoms with Crippen LogP contribution in [0.25, 0.3) is 0 Å². The van der Waals surface area contributed by atoms with Crippen LogP contribution in [0.15, 0.2) is 12.7 Å². The first-order chi connectivity index (χ1) is 6.91. The Bertz CT molecular complexity index is 301. The molecule has 15 heavy (non-hydrogen) atoms. The summed E-state index contributed by atoms with van der Waals surface area (Å²) in [6, 6.07) is -0.336. The van der Waals surface area contributed by atoms with Gasteiger partial charge in [-0.1, -0.05) is 6.58 Å². The van der Waals surface area contributed by atoms with Crippen LogP contribution in [0, 0.1) is 0 Å². The van der Waals surface area contributed by atoms with Gasteiger partial charge in [-0.2, -0.15) is 0 Å². The summed E-state index contributed by atoms with van der Waals surface area (Å²) >= 11 is 0. The van der Waals surface area contributed by atoms with E-state index >= 15 is 0 Å². The van der Waals surface area contributed by atoms with E-state index in [0.29, 0.717) is 0 Å². The highest BCUT2D eigenvalue weighted by Gasteiger charge is 2.40. The van der Waals surface area contributed by atoms with Gasteiger partial charge in [-0.15, -0.1) is 0 Å². The van der Waals surface area contributed by atoms with Gasteiger partial charge in [0, 0.05) is 13.1 Å². The molecule has 4 heteroatoms. The number of hydrogen-bond acceptors (Lipinski definition) is 2. The molecular formula is C11H18N2O2. The summed E-state index contributed by atoms with van der Waals surface area (Å²) in [7, 11) is 1.77. The summed E-state index contributed by atoms with van der Waals surface area (Å²) in [6.45, 7) is 9.10. The third-order valence-electron chi connectivity index (χ3n) is 3.30. The van der Waals surface area contributed by atoms with E-state index in [1.165, 1.54) is 6.08 Å². The van der Waals surface area contributed by atoms with Crippen LogP contribution in [0.3, 0.4) is 0 Å². The van der Waals surface area contributed by atoms with Gasteiger partial charge in [-0.05, 0) is 26.8 Å². The van der Waals surface area contributed by atoms with E-state index in [9.17, 15) is 9.59 Å². The molecule has 2 amide bonds. The first kappa shape index (κ1) is 11.8. The molecule has 0 saturated carbocycles.